The summed E-state index contributed by atoms with van der Waals surface area (Å²) in [5.74, 6) is 0.588. The van der Waals surface area contributed by atoms with Crippen LogP contribution < -0.4 is 15.2 Å². The fourth-order valence-electron chi connectivity index (χ4n) is 4.92. The zero-order chi connectivity index (χ0) is 19.4. The second kappa shape index (κ2) is 5.83. The largest absolute Gasteiger partial charge is 0.550 e. The number of aliphatic carboxylic acids is 1. The normalized spacial score (nSPS) is 29.8. The van der Waals surface area contributed by atoms with Gasteiger partial charge in [-0.15, -0.1) is 0 Å². The maximum Gasteiger partial charge on any atom is 0.127 e. The lowest BCUT2D eigenvalue weighted by molar-refractivity contribution is -0.315. The van der Waals surface area contributed by atoms with Gasteiger partial charge < -0.3 is 20.0 Å². The molecule has 0 radical (unpaired) electrons. The average molecular weight is 364 g/mol. The smallest absolute Gasteiger partial charge is 0.127 e. The van der Waals surface area contributed by atoms with Crippen LogP contribution in [0.3, 0.4) is 0 Å². The molecule has 1 aliphatic heterocycles. The van der Waals surface area contributed by atoms with Crippen molar-refractivity contribution in [2.24, 2.45) is 16.7 Å². The Morgan fingerprint density at radius 3 is 2.26 bits per heavy atom. The SMILES string of the molecule is CC1(C)NC1C1C(C)(C)C1(Cc1cccc(Oc2ccccc2)c1)C(=O)[O-]. The fraction of sp³-hybridized carbons (Fsp3) is 0.435. The van der Waals surface area contributed by atoms with E-state index in [1.807, 2.05) is 68.4 Å². The molecule has 4 heteroatoms. The first-order chi connectivity index (χ1) is 12.7. The molecule has 0 aromatic heterocycles. The van der Waals surface area contributed by atoms with Crippen molar-refractivity contribution in [2.75, 3.05) is 0 Å². The highest BCUT2D eigenvalue weighted by atomic mass is 16.5. The molecule has 3 unspecified atom stereocenters. The Hall–Kier alpha value is -2.33. The number of carbonyl (C=O) groups is 1. The maximum atomic E-state index is 12.3. The molecule has 1 heterocycles. The van der Waals surface area contributed by atoms with Crippen LogP contribution in [-0.2, 0) is 11.2 Å². The standard InChI is InChI=1S/C23H27NO3/c1-21(2)18(19-22(3,4)24-19)23(21,20(25)26)14-15-9-8-12-17(13-15)27-16-10-6-5-7-11-16/h5-13,18-19,24H,14H2,1-4H3,(H,25,26)/p-1. The molecular weight excluding hydrogens is 338 g/mol. The van der Waals surface area contributed by atoms with E-state index in [0.29, 0.717) is 12.2 Å². The number of carbonyl (C=O) groups excluding carboxylic acids is 1. The quantitative estimate of drug-likeness (QED) is 0.799. The summed E-state index contributed by atoms with van der Waals surface area (Å²) in [6.07, 6.45) is 0.452. The summed E-state index contributed by atoms with van der Waals surface area (Å²) in [6.45, 7) is 8.35. The predicted octanol–water partition coefficient (Wildman–Crippen LogP) is 3.16. The van der Waals surface area contributed by atoms with Crippen LogP contribution in [-0.4, -0.2) is 17.6 Å². The van der Waals surface area contributed by atoms with E-state index in [2.05, 4.69) is 19.2 Å². The second-order valence-corrected chi connectivity index (χ2v) is 9.04. The van der Waals surface area contributed by atoms with Gasteiger partial charge in [0.05, 0.1) is 0 Å². The second-order valence-electron chi connectivity index (χ2n) is 9.04. The minimum atomic E-state index is -0.948. The molecule has 1 N–H and O–H groups in total. The van der Waals surface area contributed by atoms with Crippen LogP contribution in [0, 0.1) is 16.7 Å². The Kier molecular flexibility index (Phi) is 3.90. The summed E-state index contributed by atoms with van der Waals surface area (Å²) in [6, 6.07) is 17.5. The first-order valence-electron chi connectivity index (χ1n) is 9.49. The lowest BCUT2D eigenvalue weighted by Gasteiger charge is -2.22. The van der Waals surface area contributed by atoms with Crippen molar-refractivity contribution in [3.63, 3.8) is 0 Å². The monoisotopic (exact) mass is 364 g/mol. The molecule has 1 aliphatic carbocycles. The highest BCUT2D eigenvalue weighted by molar-refractivity contribution is 5.80. The Balaban J connectivity index is 1.59. The van der Waals surface area contributed by atoms with Gasteiger partial charge in [-0.1, -0.05) is 44.2 Å². The fourth-order valence-corrected chi connectivity index (χ4v) is 4.92. The third-order valence-corrected chi connectivity index (χ3v) is 6.65. The van der Waals surface area contributed by atoms with Crippen molar-refractivity contribution in [1.29, 1.82) is 0 Å². The molecule has 1 saturated heterocycles. The van der Waals surface area contributed by atoms with E-state index in [-0.39, 0.29) is 22.9 Å². The number of carboxylic acid groups (broad SMARTS) is 1. The number of ether oxygens (including phenoxy) is 1. The zero-order valence-corrected chi connectivity index (χ0v) is 16.3. The van der Waals surface area contributed by atoms with Gasteiger partial charge in [0, 0.05) is 23.0 Å². The first-order valence-corrected chi connectivity index (χ1v) is 9.49. The van der Waals surface area contributed by atoms with E-state index >= 15 is 0 Å². The van der Waals surface area contributed by atoms with Gasteiger partial charge in [0.25, 0.3) is 0 Å². The van der Waals surface area contributed by atoms with Crippen molar-refractivity contribution in [2.45, 2.75) is 45.7 Å². The van der Waals surface area contributed by atoms with Gasteiger partial charge in [-0.3, -0.25) is 0 Å². The molecule has 142 valence electrons. The highest BCUT2D eigenvalue weighted by Gasteiger charge is 2.78. The first kappa shape index (κ1) is 18.1. The van der Waals surface area contributed by atoms with E-state index in [1.165, 1.54) is 0 Å². The minimum Gasteiger partial charge on any atom is -0.550 e. The van der Waals surface area contributed by atoms with Crippen LogP contribution in [0.4, 0.5) is 0 Å². The number of hydrogen-bond donors (Lipinski definition) is 1. The summed E-state index contributed by atoms with van der Waals surface area (Å²) in [7, 11) is 0. The number of carboxylic acids is 1. The van der Waals surface area contributed by atoms with Crippen LogP contribution in [0.1, 0.15) is 33.3 Å². The van der Waals surface area contributed by atoms with Gasteiger partial charge in [0.1, 0.15) is 11.5 Å². The highest BCUT2D eigenvalue weighted by Crippen LogP contribution is 2.74. The van der Waals surface area contributed by atoms with E-state index in [4.69, 9.17) is 4.74 Å². The van der Waals surface area contributed by atoms with Crippen LogP contribution in [0.25, 0.3) is 0 Å². The van der Waals surface area contributed by atoms with E-state index in [9.17, 15) is 9.90 Å². The van der Waals surface area contributed by atoms with Crippen molar-refractivity contribution >= 4 is 5.97 Å². The minimum absolute atomic E-state index is 0.00257. The van der Waals surface area contributed by atoms with Crippen molar-refractivity contribution < 1.29 is 14.6 Å². The lowest BCUT2D eigenvalue weighted by Crippen LogP contribution is -2.38. The summed E-state index contributed by atoms with van der Waals surface area (Å²) in [5, 5.41) is 15.7. The van der Waals surface area contributed by atoms with Crippen molar-refractivity contribution in [1.82, 2.24) is 5.32 Å². The molecule has 3 atom stereocenters. The Bertz CT molecular complexity index is 874. The number of para-hydroxylation sites is 1. The zero-order valence-electron chi connectivity index (χ0n) is 16.3. The summed E-state index contributed by atoms with van der Waals surface area (Å²) >= 11 is 0. The molecule has 2 fully saturated rings. The average Bonchev–Trinajstić information content (AvgIpc) is 3.37. The van der Waals surface area contributed by atoms with E-state index < -0.39 is 11.4 Å². The summed E-state index contributed by atoms with van der Waals surface area (Å²) < 4.78 is 5.91. The molecule has 4 nitrogen and oxygen atoms in total. The number of nitrogens with one attached hydrogen (secondary N) is 1. The Labute approximate surface area is 160 Å². The van der Waals surface area contributed by atoms with Gasteiger partial charge >= 0.3 is 0 Å². The number of benzene rings is 2. The predicted molar refractivity (Wildman–Crippen MR) is 102 cm³/mol. The molecule has 4 rings (SSSR count). The molecule has 2 aromatic rings. The molecule has 2 aromatic carbocycles. The van der Waals surface area contributed by atoms with Crippen LogP contribution >= 0.6 is 0 Å². The number of hydrogen-bond acceptors (Lipinski definition) is 4. The van der Waals surface area contributed by atoms with Gasteiger partial charge in [-0.2, -0.15) is 0 Å². The summed E-state index contributed by atoms with van der Waals surface area (Å²) in [5.41, 5.74) is -0.212. The topological polar surface area (TPSA) is 71.3 Å². The van der Waals surface area contributed by atoms with Gasteiger partial charge in [0.2, 0.25) is 0 Å². The lowest BCUT2D eigenvalue weighted by atomic mass is 9.88. The van der Waals surface area contributed by atoms with Crippen LogP contribution in [0.2, 0.25) is 0 Å². The maximum absolute atomic E-state index is 12.3. The molecule has 0 spiro atoms. The molecule has 0 bridgehead atoms. The van der Waals surface area contributed by atoms with Gasteiger partial charge in [0.15, 0.2) is 0 Å². The Morgan fingerprint density at radius 1 is 1.04 bits per heavy atom. The molecular formula is C23H26NO3-. The van der Waals surface area contributed by atoms with Gasteiger partial charge in [-0.25, -0.2) is 0 Å². The molecule has 2 aliphatic rings. The third kappa shape index (κ3) is 2.83. The molecule has 27 heavy (non-hydrogen) atoms. The van der Waals surface area contributed by atoms with Gasteiger partial charge in [-0.05, 0) is 61.4 Å². The van der Waals surface area contributed by atoms with Crippen molar-refractivity contribution in [3.05, 3.63) is 60.2 Å². The van der Waals surface area contributed by atoms with Crippen LogP contribution in [0.5, 0.6) is 11.5 Å². The molecule has 1 saturated carbocycles. The van der Waals surface area contributed by atoms with E-state index in [0.717, 1.165) is 11.3 Å². The Morgan fingerprint density at radius 2 is 1.67 bits per heavy atom. The third-order valence-electron chi connectivity index (χ3n) is 6.65. The number of rotatable bonds is 6. The summed E-state index contributed by atoms with van der Waals surface area (Å²) in [4.78, 5) is 12.3. The van der Waals surface area contributed by atoms with Crippen molar-refractivity contribution in [3.8, 4) is 11.5 Å². The van der Waals surface area contributed by atoms with Crippen LogP contribution in [0.15, 0.2) is 54.6 Å². The van der Waals surface area contributed by atoms with E-state index in [1.54, 1.807) is 0 Å². The molecule has 0 amide bonds.